The molecular formula is C28H45N9. The first-order chi connectivity index (χ1) is 18.2. The van der Waals surface area contributed by atoms with Crippen molar-refractivity contribution < 1.29 is 0 Å². The Bertz CT molecular complexity index is 1060. The van der Waals surface area contributed by atoms with Crippen molar-refractivity contribution in [3.8, 4) is 0 Å². The van der Waals surface area contributed by atoms with Crippen LogP contribution in [0.5, 0.6) is 0 Å². The molecule has 2 aromatic heterocycles. The molecule has 0 unspecified atom stereocenters. The highest BCUT2D eigenvalue weighted by Crippen LogP contribution is 2.27. The smallest absolute Gasteiger partial charge is 0.225 e. The van der Waals surface area contributed by atoms with Crippen LogP contribution in [0.4, 0.5) is 11.8 Å². The maximum Gasteiger partial charge on any atom is 0.225 e. The van der Waals surface area contributed by atoms with Gasteiger partial charge in [0.05, 0.1) is 17.8 Å². The molecule has 202 valence electrons. The van der Waals surface area contributed by atoms with Crippen LogP contribution < -0.4 is 26.6 Å². The average Bonchev–Trinajstić information content (AvgIpc) is 2.91. The summed E-state index contributed by atoms with van der Waals surface area (Å²) in [5, 5.41) is 15.2. The number of hydrogen-bond acceptors (Lipinski definition) is 7. The molecule has 2 aliphatic rings. The fourth-order valence-corrected chi connectivity index (χ4v) is 5.56. The van der Waals surface area contributed by atoms with Gasteiger partial charge in [-0.1, -0.05) is 31.4 Å². The Morgan fingerprint density at radius 2 is 1.73 bits per heavy atom. The molecule has 0 radical (unpaired) electrons. The zero-order valence-corrected chi connectivity index (χ0v) is 22.2. The maximum atomic E-state index is 6.12. The topological polar surface area (TPSA) is 112 Å². The Morgan fingerprint density at radius 3 is 2.57 bits per heavy atom. The van der Waals surface area contributed by atoms with E-state index >= 15 is 0 Å². The number of rotatable bonds is 13. The van der Waals surface area contributed by atoms with E-state index in [1.54, 1.807) is 0 Å². The lowest BCUT2D eigenvalue weighted by Crippen LogP contribution is -2.40. The van der Waals surface area contributed by atoms with E-state index in [1.165, 1.54) is 38.5 Å². The second kappa shape index (κ2) is 13.3. The van der Waals surface area contributed by atoms with E-state index in [4.69, 9.17) is 15.7 Å². The number of fused-ring (bicyclic) bond motifs is 1. The number of para-hydroxylation sites is 1. The SMILES string of the molecule is NC1CCN(c2nc(NCc3cn(CCCNCCCNC4CCCCC4)[nH]3)nc3ccccc23)CC1. The summed E-state index contributed by atoms with van der Waals surface area (Å²) in [6.45, 7) is 6.86. The summed E-state index contributed by atoms with van der Waals surface area (Å²) in [5.41, 5.74) is 8.25. The van der Waals surface area contributed by atoms with Gasteiger partial charge in [0.15, 0.2) is 0 Å². The number of benzene rings is 1. The molecule has 3 heterocycles. The van der Waals surface area contributed by atoms with Crippen molar-refractivity contribution in [1.29, 1.82) is 0 Å². The summed E-state index contributed by atoms with van der Waals surface area (Å²) in [6, 6.07) is 9.33. The van der Waals surface area contributed by atoms with Gasteiger partial charge >= 0.3 is 0 Å². The number of nitrogens with two attached hydrogens (primary N) is 1. The number of piperidine rings is 1. The molecule has 1 aromatic carbocycles. The molecule has 2 fully saturated rings. The monoisotopic (exact) mass is 507 g/mol. The van der Waals surface area contributed by atoms with Gasteiger partial charge in [-0.3, -0.25) is 9.78 Å². The molecule has 1 aliphatic heterocycles. The first-order valence-electron chi connectivity index (χ1n) is 14.4. The predicted molar refractivity (Wildman–Crippen MR) is 152 cm³/mol. The third kappa shape index (κ3) is 7.46. The lowest BCUT2D eigenvalue weighted by Gasteiger charge is -2.32. The van der Waals surface area contributed by atoms with E-state index in [0.29, 0.717) is 18.5 Å². The van der Waals surface area contributed by atoms with Crippen molar-refractivity contribution in [2.75, 3.05) is 42.9 Å². The molecular weight excluding hydrogens is 462 g/mol. The number of nitrogens with zero attached hydrogens (tertiary/aromatic N) is 4. The molecule has 9 heteroatoms. The fourth-order valence-electron chi connectivity index (χ4n) is 5.56. The number of H-pyrrole nitrogens is 1. The van der Waals surface area contributed by atoms with Crippen LogP contribution in [0.2, 0.25) is 0 Å². The largest absolute Gasteiger partial charge is 0.356 e. The minimum absolute atomic E-state index is 0.297. The Kier molecular flexibility index (Phi) is 9.32. The highest BCUT2D eigenvalue weighted by atomic mass is 15.3. The Labute approximate surface area is 221 Å². The molecule has 37 heavy (non-hydrogen) atoms. The molecule has 3 aromatic rings. The van der Waals surface area contributed by atoms with Crippen molar-refractivity contribution in [2.24, 2.45) is 5.73 Å². The van der Waals surface area contributed by atoms with Crippen molar-refractivity contribution in [1.82, 2.24) is 30.4 Å². The minimum Gasteiger partial charge on any atom is -0.356 e. The zero-order chi connectivity index (χ0) is 25.3. The van der Waals surface area contributed by atoms with Crippen LogP contribution in [0.3, 0.4) is 0 Å². The zero-order valence-electron chi connectivity index (χ0n) is 22.2. The number of nitrogens with one attached hydrogen (secondary N) is 4. The van der Waals surface area contributed by atoms with Gasteiger partial charge in [-0.15, -0.1) is 0 Å². The number of anilines is 2. The molecule has 0 spiro atoms. The van der Waals surface area contributed by atoms with Gasteiger partial charge in [-0.25, -0.2) is 4.98 Å². The Morgan fingerprint density at radius 1 is 0.946 bits per heavy atom. The van der Waals surface area contributed by atoms with Gasteiger partial charge in [0.2, 0.25) is 5.95 Å². The molecule has 0 bridgehead atoms. The lowest BCUT2D eigenvalue weighted by atomic mass is 9.95. The van der Waals surface area contributed by atoms with Crippen LogP contribution in [0.1, 0.15) is 63.5 Å². The molecule has 1 aliphatic carbocycles. The summed E-state index contributed by atoms with van der Waals surface area (Å²) in [5.74, 6) is 1.68. The summed E-state index contributed by atoms with van der Waals surface area (Å²) >= 11 is 0. The molecule has 1 saturated heterocycles. The molecule has 0 atom stereocenters. The molecule has 1 saturated carbocycles. The Hall–Kier alpha value is -2.62. The first kappa shape index (κ1) is 26.0. The van der Waals surface area contributed by atoms with E-state index in [1.807, 2.05) is 6.07 Å². The van der Waals surface area contributed by atoms with Gasteiger partial charge < -0.3 is 26.6 Å². The lowest BCUT2D eigenvalue weighted by molar-refractivity contribution is 0.371. The number of aryl methyl sites for hydroxylation is 1. The van der Waals surface area contributed by atoms with Gasteiger partial charge in [0, 0.05) is 43.3 Å². The minimum atomic E-state index is 0.297. The van der Waals surface area contributed by atoms with Gasteiger partial charge in [0.25, 0.3) is 0 Å². The van der Waals surface area contributed by atoms with Crippen molar-refractivity contribution in [3.63, 3.8) is 0 Å². The summed E-state index contributed by atoms with van der Waals surface area (Å²) < 4.78 is 2.16. The highest BCUT2D eigenvalue weighted by molar-refractivity contribution is 5.90. The van der Waals surface area contributed by atoms with Crippen molar-refractivity contribution >= 4 is 22.7 Å². The second-order valence-corrected chi connectivity index (χ2v) is 10.8. The van der Waals surface area contributed by atoms with Crippen LogP contribution in [0.25, 0.3) is 10.9 Å². The second-order valence-electron chi connectivity index (χ2n) is 10.8. The third-order valence-electron chi connectivity index (χ3n) is 7.78. The molecule has 5 rings (SSSR count). The average molecular weight is 508 g/mol. The van der Waals surface area contributed by atoms with Crippen LogP contribution in [0.15, 0.2) is 30.5 Å². The van der Waals surface area contributed by atoms with Crippen molar-refractivity contribution in [3.05, 3.63) is 36.2 Å². The normalized spacial score (nSPS) is 17.6. The van der Waals surface area contributed by atoms with Crippen LogP contribution in [-0.2, 0) is 13.1 Å². The van der Waals surface area contributed by atoms with E-state index in [-0.39, 0.29) is 0 Å². The van der Waals surface area contributed by atoms with Gasteiger partial charge in [-0.2, -0.15) is 4.98 Å². The van der Waals surface area contributed by atoms with Gasteiger partial charge in [-0.05, 0) is 70.3 Å². The molecule has 9 nitrogen and oxygen atoms in total. The van der Waals surface area contributed by atoms with E-state index in [9.17, 15) is 0 Å². The number of aromatic nitrogens is 4. The summed E-state index contributed by atoms with van der Waals surface area (Å²) in [4.78, 5) is 12.0. The van der Waals surface area contributed by atoms with Crippen LogP contribution in [0, 0.1) is 0 Å². The summed E-state index contributed by atoms with van der Waals surface area (Å²) in [6.07, 6.45) is 13.5. The Balaban J connectivity index is 1.01. The standard InChI is InChI=1S/C28H45N9/c29-22-12-18-36(19-13-22)27-25-10-4-5-11-26(25)33-28(34-27)32-20-24-21-37(35-24)17-7-15-30-14-6-16-31-23-8-2-1-3-9-23/h4-5,10-11,21-23,30-31,35H,1-3,6-9,12-20,29H2,(H,32,33,34). The van der Waals surface area contributed by atoms with E-state index in [2.05, 4.69) is 55.0 Å². The first-order valence-corrected chi connectivity index (χ1v) is 14.4. The number of aromatic amines is 1. The van der Waals surface area contributed by atoms with Crippen LogP contribution >= 0.6 is 0 Å². The van der Waals surface area contributed by atoms with Crippen LogP contribution in [-0.4, -0.2) is 64.6 Å². The third-order valence-corrected chi connectivity index (χ3v) is 7.78. The maximum absolute atomic E-state index is 6.12. The highest BCUT2D eigenvalue weighted by Gasteiger charge is 2.20. The van der Waals surface area contributed by atoms with Crippen molar-refractivity contribution in [2.45, 2.75) is 83.0 Å². The molecule has 0 amide bonds. The summed E-state index contributed by atoms with van der Waals surface area (Å²) in [7, 11) is 0. The predicted octanol–water partition coefficient (Wildman–Crippen LogP) is 3.59. The molecule has 6 N–H and O–H groups in total. The fraction of sp³-hybridized carbons (Fsp3) is 0.643. The van der Waals surface area contributed by atoms with E-state index < -0.39 is 0 Å². The number of hydrogen-bond donors (Lipinski definition) is 5. The van der Waals surface area contributed by atoms with Gasteiger partial charge in [0.1, 0.15) is 5.82 Å². The quantitative estimate of drug-likeness (QED) is 0.225. The van der Waals surface area contributed by atoms with E-state index in [0.717, 1.165) is 87.0 Å².